The molecule has 7 heteroatoms. The highest BCUT2D eigenvalue weighted by Crippen LogP contribution is 2.21. The van der Waals surface area contributed by atoms with Crippen LogP contribution < -0.4 is 5.73 Å². The Labute approximate surface area is 122 Å². The fraction of sp³-hybridized carbons (Fsp3) is 0.667. The van der Waals surface area contributed by atoms with E-state index in [4.69, 9.17) is 10.9 Å². The summed E-state index contributed by atoms with van der Waals surface area (Å²) >= 11 is 3.57. The Balaban J connectivity index is 2.77. The summed E-state index contributed by atoms with van der Waals surface area (Å²) in [6, 6.07) is 0. The number of aryl methyl sites for hydroxylation is 2. The van der Waals surface area contributed by atoms with E-state index in [1.54, 1.807) is 0 Å². The number of aromatic nitrogens is 2. The fourth-order valence-corrected chi connectivity index (χ4v) is 2.41. The number of rotatable bonds is 6. The van der Waals surface area contributed by atoms with Gasteiger partial charge in [0.15, 0.2) is 0 Å². The van der Waals surface area contributed by atoms with Gasteiger partial charge in [0.05, 0.1) is 15.9 Å². The van der Waals surface area contributed by atoms with E-state index in [0.717, 1.165) is 35.5 Å². The molecule has 1 aromatic heterocycles. The van der Waals surface area contributed by atoms with E-state index >= 15 is 0 Å². The van der Waals surface area contributed by atoms with Gasteiger partial charge in [-0.15, -0.1) is 0 Å². The van der Waals surface area contributed by atoms with Gasteiger partial charge in [-0.1, -0.05) is 19.0 Å². The van der Waals surface area contributed by atoms with Crippen molar-refractivity contribution in [2.24, 2.45) is 23.9 Å². The third-order valence-corrected chi connectivity index (χ3v) is 4.27. The first kappa shape index (κ1) is 16.0. The average molecular weight is 332 g/mol. The van der Waals surface area contributed by atoms with Crippen molar-refractivity contribution in [3.05, 3.63) is 15.9 Å². The van der Waals surface area contributed by atoms with Crippen LogP contribution in [0.2, 0.25) is 0 Å². The molecule has 0 radical (unpaired) electrons. The van der Waals surface area contributed by atoms with Gasteiger partial charge >= 0.3 is 0 Å². The Hall–Kier alpha value is -1.08. The molecule has 0 aliphatic carbocycles. The molecule has 108 valence electrons. The molecular formula is C12H22BrN5O. The number of halogens is 1. The van der Waals surface area contributed by atoms with E-state index in [1.165, 1.54) is 0 Å². The number of hydrogen-bond donors (Lipinski definition) is 2. The largest absolute Gasteiger partial charge is 0.409 e. The predicted octanol–water partition coefficient (Wildman–Crippen LogP) is 1.70. The average Bonchev–Trinajstić information content (AvgIpc) is 2.62. The number of hydrogen-bond acceptors (Lipinski definition) is 4. The molecule has 0 aliphatic rings. The fourth-order valence-electron chi connectivity index (χ4n) is 1.95. The molecule has 0 amide bonds. The van der Waals surface area contributed by atoms with Crippen molar-refractivity contribution in [3.63, 3.8) is 0 Å². The molecule has 1 aromatic rings. The third-order valence-electron chi connectivity index (χ3n) is 3.23. The van der Waals surface area contributed by atoms with Gasteiger partial charge in [0.25, 0.3) is 0 Å². The van der Waals surface area contributed by atoms with Crippen molar-refractivity contribution in [2.45, 2.75) is 27.3 Å². The normalized spacial score (nSPS) is 14.1. The van der Waals surface area contributed by atoms with Crippen LogP contribution in [0.4, 0.5) is 0 Å². The van der Waals surface area contributed by atoms with Crippen LogP contribution in [0.15, 0.2) is 9.63 Å². The van der Waals surface area contributed by atoms with Crippen LogP contribution in [-0.2, 0) is 13.6 Å². The topological polar surface area (TPSA) is 79.7 Å². The molecule has 1 atom stereocenters. The lowest BCUT2D eigenvalue weighted by atomic mass is 10.1. The molecule has 1 unspecified atom stereocenters. The Morgan fingerprint density at radius 2 is 2.26 bits per heavy atom. The number of oxime groups is 1. The maximum atomic E-state index is 8.69. The molecular weight excluding hydrogens is 310 g/mol. The first-order valence-corrected chi connectivity index (χ1v) is 7.07. The van der Waals surface area contributed by atoms with Crippen molar-refractivity contribution in [3.8, 4) is 0 Å². The molecule has 0 aliphatic heterocycles. The Kier molecular flexibility index (Phi) is 5.81. The first-order chi connectivity index (χ1) is 8.90. The molecule has 1 rings (SSSR count). The summed E-state index contributed by atoms with van der Waals surface area (Å²) in [4.78, 5) is 2.24. The molecule has 1 heterocycles. The molecule has 6 nitrogen and oxygen atoms in total. The lowest BCUT2D eigenvalue weighted by Crippen LogP contribution is -2.35. The quantitative estimate of drug-likeness (QED) is 0.360. The lowest BCUT2D eigenvalue weighted by Gasteiger charge is -2.23. The highest BCUT2D eigenvalue weighted by atomic mass is 79.9. The van der Waals surface area contributed by atoms with Crippen LogP contribution in [0.5, 0.6) is 0 Å². The van der Waals surface area contributed by atoms with Gasteiger partial charge in [0.1, 0.15) is 5.84 Å². The standard InChI is InChI=1S/C12H22BrN5O/c1-5-18(6-8(2)12(14)16-19)7-10-11(13)9(3)15-17(10)4/h8,19H,5-7H2,1-4H3,(H2,14,16). The van der Waals surface area contributed by atoms with Gasteiger partial charge in [-0.05, 0) is 29.4 Å². The molecule has 0 aromatic carbocycles. The molecule has 0 fully saturated rings. The van der Waals surface area contributed by atoms with E-state index in [0.29, 0.717) is 0 Å². The minimum atomic E-state index is 0.0121. The Bertz CT molecular complexity index is 457. The second kappa shape index (κ2) is 6.91. The Morgan fingerprint density at radius 1 is 1.63 bits per heavy atom. The van der Waals surface area contributed by atoms with Gasteiger partial charge in [0.2, 0.25) is 0 Å². The van der Waals surface area contributed by atoms with Gasteiger partial charge in [-0.25, -0.2) is 0 Å². The molecule has 0 bridgehead atoms. The van der Waals surface area contributed by atoms with Crippen LogP contribution >= 0.6 is 15.9 Å². The Morgan fingerprint density at radius 3 is 2.68 bits per heavy atom. The number of nitrogens with zero attached hydrogens (tertiary/aromatic N) is 4. The lowest BCUT2D eigenvalue weighted by molar-refractivity contribution is 0.251. The van der Waals surface area contributed by atoms with Crippen LogP contribution in [0.1, 0.15) is 25.2 Å². The second-order valence-corrected chi connectivity index (χ2v) is 5.52. The van der Waals surface area contributed by atoms with Gasteiger partial charge in [-0.2, -0.15) is 5.10 Å². The van der Waals surface area contributed by atoms with Gasteiger partial charge < -0.3 is 10.9 Å². The molecule has 0 saturated carbocycles. The van der Waals surface area contributed by atoms with Crippen molar-refractivity contribution < 1.29 is 5.21 Å². The maximum Gasteiger partial charge on any atom is 0.143 e. The summed E-state index contributed by atoms with van der Waals surface area (Å²) in [6.07, 6.45) is 0. The minimum Gasteiger partial charge on any atom is -0.409 e. The van der Waals surface area contributed by atoms with Crippen molar-refractivity contribution in [1.29, 1.82) is 0 Å². The predicted molar refractivity (Wildman–Crippen MR) is 79.2 cm³/mol. The minimum absolute atomic E-state index is 0.0121. The first-order valence-electron chi connectivity index (χ1n) is 6.28. The summed E-state index contributed by atoms with van der Waals surface area (Å²) in [6.45, 7) is 8.42. The van der Waals surface area contributed by atoms with Crippen molar-refractivity contribution >= 4 is 21.8 Å². The van der Waals surface area contributed by atoms with E-state index in [-0.39, 0.29) is 11.8 Å². The van der Waals surface area contributed by atoms with Crippen LogP contribution in [0.3, 0.4) is 0 Å². The van der Waals surface area contributed by atoms with Crippen molar-refractivity contribution in [1.82, 2.24) is 14.7 Å². The zero-order valence-electron chi connectivity index (χ0n) is 11.9. The van der Waals surface area contributed by atoms with Gasteiger partial charge in [-0.3, -0.25) is 9.58 Å². The van der Waals surface area contributed by atoms with Crippen LogP contribution in [0, 0.1) is 12.8 Å². The highest BCUT2D eigenvalue weighted by molar-refractivity contribution is 9.10. The summed E-state index contributed by atoms with van der Waals surface area (Å²) in [7, 11) is 1.94. The molecule has 19 heavy (non-hydrogen) atoms. The van der Waals surface area contributed by atoms with Gasteiger partial charge in [0, 0.05) is 26.1 Å². The van der Waals surface area contributed by atoms with Crippen LogP contribution in [-0.4, -0.2) is 38.8 Å². The maximum absolute atomic E-state index is 8.69. The van der Waals surface area contributed by atoms with E-state index in [2.05, 4.69) is 38.0 Å². The molecule has 0 spiro atoms. The monoisotopic (exact) mass is 331 g/mol. The zero-order valence-corrected chi connectivity index (χ0v) is 13.5. The second-order valence-electron chi connectivity index (χ2n) is 4.72. The third kappa shape index (κ3) is 3.94. The number of nitrogens with two attached hydrogens (primary N) is 1. The van der Waals surface area contributed by atoms with Crippen LogP contribution in [0.25, 0.3) is 0 Å². The molecule has 0 saturated heterocycles. The zero-order chi connectivity index (χ0) is 14.6. The van der Waals surface area contributed by atoms with E-state index in [1.807, 2.05) is 25.6 Å². The van der Waals surface area contributed by atoms with E-state index in [9.17, 15) is 0 Å². The SMILES string of the molecule is CCN(Cc1c(Br)c(C)nn1C)CC(C)C(N)=NO. The summed E-state index contributed by atoms with van der Waals surface area (Å²) in [5, 5.41) is 16.1. The highest BCUT2D eigenvalue weighted by Gasteiger charge is 2.17. The summed E-state index contributed by atoms with van der Waals surface area (Å²) in [5.74, 6) is 0.275. The number of amidine groups is 1. The molecule has 3 N–H and O–H groups in total. The van der Waals surface area contributed by atoms with E-state index < -0.39 is 0 Å². The smallest absolute Gasteiger partial charge is 0.143 e. The summed E-state index contributed by atoms with van der Waals surface area (Å²) in [5.41, 5.74) is 7.74. The summed E-state index contributed by atoms with van der Waals surface area (Å²) < 4.78 is 2.93. The van der Waals surface area contributed by atoms with Crippen molar-refractivity contribution in [2.75, 3.05) is 13.1 Å².